The Hall–Kier alpha value is -3.58. The number of rotatable bonds is 12. The zero-order valence-corrected chi connectivity index (χ0v) is 23.7. The molecule has 1 amide bonds. The molecule has 40 heavy (non-hydrogen) atoms. The van der Waals surface area contributed by atoms with Crippen molar-refractivity contribution in [2.45, 2.75) is 70.6 Å². The standard InChI is InChI=1S/C33H41N5O2/c1-23(2)33(30(39)15-14-28-21-29(37-36-28)24-11-12-24)26-9-6-8-25(20-26)27-13-16-31(34-22-27)35-32(40)10-7-19-38-17-4-3-5-18-38/h6-10,13,16,20-24,33H,3-5,11-12,14-15,17-19H2,1-2H3,(H,36,37)(H,34,35,40)/b10-7+. The van der Waals surface area contributed by atoms with Gasteiger partial charge in [0.2, 0.25) is 5.91 Å². The number of Topliss-reactive ketones (excluding diaryl/α,β-unsaturated/α-hetero) is 1. The van der Waals surface area contributed by atoms with Gasteiger partial charge >= 0.3 is 0 Å². The number of aromatic nitrogens is 3. The highest BCUT2D eigenvalue weighted by Gasteiger charge is 2.27. The number of carbonyl (C=O) groups excluding carboxylic acids is 2. The van der Waals surface area contributed by atoms with E-state index >= 15 is 0 Å². The zero-order chi connectivity index (χ0) is 27.9. The van der Waals surface area contributed by atoms with Crippen LogP contribution in [0.15, 0.2) is 60.8 Å². The Kier molecular flexibility index (Phi) is 9.22. The number of ketones is 1. The number of piperidine rings is 1. The van der Waals surface area contributed by atoms with Crippen molar-refractivity contribution in [1.82, 2.24) is 20.1 Å². The molecule has 1 aromatic carbocycles. The molecule has 0 radical (unpaired) electrons. The van der Waals surface area contributed by atoms with E-state index in [-0.39, 0.29) is 23.5 Å². The van der Waals surface area contributed by atoms with Crippen LogP contribution in [0.3, 0.4) is 0 Å². The number of aryl methyl sites for hydroxylation is 1. The van der Waals surface area contributed by atoms with Crippen LogP contribution >= 0.6 is 0 Å². The fourth-order valence-corrected chi connectivity index (χ4v) is 5.63. The number of hydrogen-bond donors (Lipinski definition) is 2. The van der Waals surface area contributed by atoms with Crippen molar-refractivity contribution in [2.75, 3.05) is 25.0 Å². The Balaban J connectivity index is 1.18. The van der Waals surface area contributed by atoms with Crippen LogP contribution in [-0.4, -0.2) is 51.4 Å². The molecule has 2 fully saturated rings. The van der Waals surface area contributed by atoms with Crippen molar-refractivity contribution in [3.05, 3.63) is 77.8 Å². The van der Waals surface area contributed by atoms with Crippen molar-refractivity contribution >= 4 is 17.5 Å². The number of carbonyl (C=O) groups is 2. The van der Waals surface area contributed by atoms with Crippen LogP contribution in [0.1, 0.15) is 81.2 Å². The average molecular weight is 540 g/mol. The van der Waals surface area contributed by atoms with Gasteiger partial charge in [0.05, 0.1) is 5.69 Å². The van der Waals surface area contributed by atoms with Gasteiger partial charge in [0.1, 0.15) is 11.6 Å². The Morgan fingerprint density at radius 3 is 2.62 bits per heavy atom. The first-order valence-electron chi connectivity index (χ1n) is 14.8. The molecule has 7 heteroatoms. The summed E-state index contributed by atoms with van der Waals surface area (Å²) in [6.07, 6.45) is 12.7. The van der Waals surface area contributed by atoms with Gasteiger partial charge in [-0.3, -0.25) is 19.6 Å². The molecule has 1 aliphatic carbocycles. The molecule has 1 atom stereocenters. The van der Waals surface area contributed by atoms with Gasteiger partial charge in [-0.15, -0.1) is 0 Å². The van der Waals surface area contributed by atoms with Crippen LogP contribution in [-0.2, 0) is 16.0 Å². The van der Waals surface area contributed by atoms with E-state index in [1.807, 2.05) is 36.4 Å². The first-order chi connectivity index (χ1) is 19.5. The lowest BCUT2D eigenvalue weighted by atomic mass is 9.82. The third-order valence-corrected chi connectivity index (χ3v) is 7.98. The van der Waals surface area contributed by atoms with E-state index in [1.165, 1.54) is 37.8 Å². The van der Waals surface area contributed by atoms with Crippen LogP contribution in [0.25, 0.3) is 11.1 Å². The lowest BCUT2D eigenvalue weighted by Gasteiger charge is -2.24. The Bertz CT molecular complexity index is 1320. The second kappa shape index (κ2) is 13.2. The molecule has 0 spiro atoms. The van der Waals surface area contributed by atoms with Gasteiger partial charge in [-0.25, -0.2) is 4.98 Å². The van der Waals surface area contributed by atoms with Gasteiger partial charge in [0, 0.05) is 48.3 Å². The molecule has 2 aliphatic rings. The summed E-state index contributed by atoms with van der Waals surface area (Å²) in [6.45, 7) is 7.23. The van der Waals surface area contributed by atoms with Crippen molar-refractivity contribution < 1.29 is 9.59 Å². The number of likely N-dealkylation sites (tertiary alicyclic amines) is 1. The van der Waals surface area contributed by atoms with E-state index in [0.717, 1.165) is 42.0 Å². The molecule has 5 rings (SSSR count). The van der Waals surface area contributed by atoms with Crippen molar-refractivity contribution in [2.24, 2.45) is 5.92 Å². The summed E-state index contributed by atoms with van der Waals surface area (Å²) in [6, 6.07) is 14.1. The van der Waals surface area contributed by atoms with E-state index in [1.54, 1.807) is 12.3 Å². The summed E-state index contributed by atoms with van der Waals surface area (Å²) in [5, 5.41) is 10.4. The summed E-state index contributed by atoms with van der Waals surface area (Å²) < 4.78 is 0. The predicted octanol–water partition coefficient (Wildman–Crippen LogP) is 6.27. The first kappa shape index (κ1) is 28.0. The van der Waals surface area contributed by atoms with Gasteiger partial charge in [-0.2, -0.15) is 5.10 Å². The summed E-state index contributed by atoms with van der Waals surface area (Å²) in [4.78, 5) is 32.5. The third kappa shape index (κ3) is 7.54. The molecule has 3 heterocycles. The van der Waals surface area contributed by atoms with Gasteiger partial charge < -0.3 is 5.32 Å². The summed E-state index contributed by atoms with van der Waals surface area (Å²) in [5.41, 5.74) is 5.15. The highest BCUT2D eigenvalue weighted by Crippen LogP contribution is 2.39. The van der Waals surface area contributed by atoms with Gasteiger partial charge in [0.25, 0.3) is 0 Å². The van der Waals surface area contributed by atoms with Crippen LogP contribution in [0.4, 0.5) is 5.82 Å². The summed E-state index contributed by atoms with van der Waals surface area (Å²) >= 11 is 0. The number of benzene rings is 1. The predicted molar refractivity (Wildman–Crippen MR) is 159 cm³/mol. The topological polar surface area (TPSA) is 91.0 Å². The molecule has 1 unspecified atom stereocenters. The molecule has 2 N–H and O–H groups in total. The molecule has 0 bridgehead atoms. The van der Waals surface area contributed by atoms with Gasteiger partial charge in [-0.1, -0.05) is 50.6 Å². The number of amides is 1. The van der Waals surface area contributed by atoms with E-state index in [9.17, 15) is 9.59 Å². The fraction of sp³-hybridized carbons (Fsp3) is 0.455. The van der Waals surface area contributed by atoms with Crippen molar-refractivity contribution in [3.8, 4) is 11.1 Å². The van der Waals surface area contributed by atoms with E-state index in [2.05, 4.69) is 51.4 Å². The minimum atomic E-state index is -0.176. The highest BCUT2D eigenvalue weighted by atomic mass is 16.1. The second-order valence-electron chi connectivity index (χ2n) is 11.6. The minimum Gasteiger partial charge on any atom is -0.307 e. The lowest BCUT2D eigenvalue weighted by molar-refractivity contribution is -0.121. The average Bonchev–Trinajstić information content (AvgIpc) is 3.70. The molecule has 1 aliphatic heterocycles. The molecule has 1 saturated carbocycles. The number of H-pyrrole nitrogens is 1. The number of aromatic amines is 1. The SMILES string of the molecule is CC(C)C(C(=O)CCc1cc(C2CC2)[nH]n1)c1cccc(-c2ccc(NC(=O)/C=C/CN3CCCCC3)nc2)c1. The lowest BCUT2D eigenvalue weighted by Crippen LogP contribution is -2.29. The fourth-order valence-electron chi connectivity index (χ4n) is 5.63. The maximum Gasteiger partial charge on any atom is 0.249 e. The van der Waals surface area contributed by atoms with Crippen LogP contribution in [0.2, 0.25) is 0 Å². The Morgan fingerprint density at radius 2 is 1.90 bits per heavy atom. The molecular formula is C33H41N5O2. The van der Waals surface area contributed by atoms with Gasteiger partial charge in [-0.05, 0) is 80.4 Å². The van der Waals surface area contributed by atoms with Crippen LogP contribution in [0, 0.1) is 5.92 Å². The number of nitrogens with zero attached hydrogens (tertiary/aromatic N) is 3. The molecule has 3 aromatic rings. The number of hydrogen-bond acceptors (Lipinski definition) is 5. The van der Waals surface area contributed by atoms with Crippen molar-refractivity contribution in [3.63, 3.8) is 0 Å². The van der Waals surface area contributed by atoms with E-state index in [0.29, 0.717) is 24.6 Å². The zero-order valence-electron chi connectivity index (χ0n) is 23.7. The summed E-state index contributed by atoms with van der Waals surface area (Å²) in [5.74, 6) is 1.23. The van der Waals surface area contributed by atoms with Crippen LogP contribution < -0.4 is 5.32 Å². The maximum absolute atomic E-state index is 13.4. The van der Waals surface area contributed by atoms with E-state index in [4.69, 9.17) is 0 Å². The van der Waals surface area contributed by atoms with Crippen molar-refractivity contribution in [1.29, 1.82) is 0 Å². The number of pyridine rings is 1. The Labute approximate surface area is 237 Å². The van der Waals surface area contributed by atoms with Crippen LogP contribution in [0.5, 0.6) is 0 Å². The molecule has 1 saturated heterocycles. The monoisotopic (exact) mass is 539 g/mol. The third-order valence-electron chi connectivity index (χ3n) is 7.98. The maximum atomic E-state index is 13.4. The Morgan fingerprint density at radius 1 is 1.07 bits per heavy atom. The largest absolute Gasteiger partial charge is 0.307 e. The minimum absolute atomic E-state index is 0.170. The smallest absolute Gasteiger partial charge is 0.249 e. The molecule has 7 nitrogen and oxygen atoms in total. The molecule has 2 aromatic heterocycles. The quantitative estimate of drug-likeness (QED) is 0.265. The molecule has 210 valence electrons. The normalized spacial score (nSPS) is 16.9. The molecular weight excluding hydrogens is 498 g/mol. The summed E-state index contributed by atoms with van der Waals surface area (Å²) in [7, 11) is 0. The second-order valence-corrected chi connectivity index (χ2v) is 11.6. The first-order valence-corrected chi connectivity index (χ1v) is 14.8. The van der Waals surface area contributed by atoms with Gasteiger partial charge in [0.15, 0.2) is 0 Å². The number of nitrogens with one attached hydrogen (secondary N) is 2. The van der Waals surface area contributed by atoms with E-state index < -0.39 is 0 Å². The number of anilines is 1. The highest BCUT2D eigenvalue weighted by molar-refractivity contribution is 5.98.